The van der Waals surface area contributed by atoms with Crippen molar-refractivity contribution < 1.29 is 19.5 Å². The van der Waals surface area contributed by atoms with Crippen molar-refractivity contribution in [1.82, 2.24) is 4.90 Å². The van der Waals surface area contributed by atoms with E-state index < -0.39 is 0 Å². The molecule has 33 heavy (non-hydrogen) atoms. The second kappa shape index (κ2) is 7.57. The van der Waals surface area contributed by atoms with E-state index in [9.17, 15) is 10.0 Å². The molecule has 5 aliphatic rings. The van der Waals surface area contributed by atoms with E-state index in [1.807, 2.05) is 12.1 Å². The molecule has 3 saturated heterocycles. The van der Waals surface area contributed by atoms with Gasteiger partial charge in [-0.1, -0.05) is 20.3 Å². The summed E-state index contributed by atoms with van der Waals surface area (Å²) in [7, 11) is 0. The largest absolute Gasteiger partial charge is 0.733 e. The number of epoxide rings is 1. The Morgan fingerprint density at radius 2 is 1.94 bits per heavy atom. The molecule has 5 fully saturated rings. The first kappa shape index (κ1) is 21.6. The molecule has 7 unspecified atom stereocenters. The van der Waals surface area contributed by atoms with Crippen LogP contribution in [-0.4, -0.2) is 66.6 Å². The maximum absolute atomic E-state index is 13.0. The Bertz CT molecular complexity index is 917. The van der Waals surface area contributed by atoms with Gasteiger partial charge in [0, 0.05) is 49.7 Å². The van der Waals surface area contributed by atoms with E-state index in [1.54, 1.807) is 12.1 Å². The highest BCUT2D eigenvalue weighted by Gasteiger charge is 2.78. The molecule has 7 atom stereocenters. The molecule has 1 N–H and O–H groups in total. The molecular weight excluding hydrogens is 422 g/mol. The molecule has 180 valence electrons. The van der Waals surface area contributed by atoms with Crippen LogP contribution in [-0.2, 0) is 14.3 Å². The number of ether oxygens (including phenoxy) is 2. The lowest BCUT2D eigenvalue weighted by atomic mass is 9.53. The van der Waals surface area contributed by atoms with Crippen LogP contribution in [0, 0.1) is 28.4 Å². The third-order valence-electron chi connectivity index (χ3n) is 9.46. The summed E-state index contributed by atoms with van der Waals surface area (Å²) in [5.74, 6) is 0.601. The fourth-order valence-electron chi connectivity index (χ4n) is 7.70. The van der Waals surface area contributed by atoms with Crippen molar-refractivity contribution in [2.45, 2.75) is 57.3 Å². The molecule has 0 amide bonds. The quantitative estimate of drug-likeness (QED) is 0.420. The van der Waals surface area contributed by atoms with Gasteiger partial charge in [0.15, 0.2) is 0 Å². The minimum absolute atomic E-state index is 0.00494. The number of carbonyl (C=O) groups is 1. The van der Waals surface area contributed by atoms with E-state index in [4.69, 9.17) is 14.7 Å². The van der Waals surface area contributed by atoms with Crippen molar-refractivity contribution >= 4 is 17.3 Å². The minimum atomic E-state index is -0.120. The number of esters is 1. The third-order valence-corrected chi connectivity index (χ3v) is 9.46. The second-order valence-electron chi connectivity index (χ2n) is 11.1. The topological polar surface area (TPSA) is 91.8 Å². The first-order valence-corrected chi connectivity index (χ1v) is 12.4. The summed E-state index contributed by atoms with van der Waals surface area (Å²) < 4.78 is 12.5. The van der Waals surface area contributed by atoms with Crippen LogP contribution in [0.2, 0.25) is 0 Å². The van der Waals surface area contributed by atoms with Crippen molar-refractivity contribution in [3.63, 3.8) is 0 Å². The molecule has 1 spiro atoms. The van der Waals surface area contributed by atoms with E-state index in [-0.39, 0.29) is 51.9 Å². The van der Waals surface area contributed by atoms with Gasteiger partial charge in [0.05, 0.1) is 17.7 Å². The standard InChI is InChI=1S/C25H34N3O5/c1-16-4-3-9-24(2)14-20-21(22-25(16,24)33-22)19(23(29)32-20)15-26-10-12-27(13-11-26)17-5-7-18(8-6-17)28(30)31/h5-8,16,19-22,30H,3-4,9-15H2,1-2H3/q-1. The Morgan fingerprint density at radius 3 is 2.64 bits per heavy atom. The maximum Gasteiger partial charge on any atom is 0.311 e. The highest BCUT2D eigenvalue weighted by atomic mass is 16.8. The maximum atomic E-state index is 13.0. The van der Waals surface area contributed by atoms with Crippen LogP contribution in [0.25, 0.3) is 0 Å². The number of hydrogen-bond donors (Lipinski definition) is 1. The van der Waals surface area contributed by atoms with Crippen LogP contribution >= 0.6 is 0 Å². The van der Waals surface area contributed by atoms with Gasteiger partial charge >= 0.3 is 5.97 Å². The lowest BCUT2D eigenvalue weighted by molar-refractivity contribution is -0.146. The molecule has 3 aliphatic heterocycles. The lowest BCUT2D eigenvalue weighted by Gasteiger charge is -2.49. The Hall–Kier alpha value is -1.87. The van der Waals surface area contributed by atoms with Gasteiger partial charge in [-0.2, -0.15) is 0 Å². The SMILES string of the molecule is CC1CCCC2(C)CC3OC(=O)C(CN4CCN(c5ccc(N([O-])O)cc5)CC4)C3C3OC132. The molecule has 1 aromatic carbocycles. The molecule has 6 rings (SSSR count). The average Bonchev–Trinajstić information content (AvgIpc) is 3.49. The molecule has 3 heterocycles. The summed E-state index contributed by atoms with van der Waals surface area (Å²) in [6.45, 7) is 8.90. The summed E-state index contributed by atoms with van der Waals surface area (Å²) in [5, 5.41) is 19.9. The van der Waals surface area contributed by atoms with Gasteiger partial charge < -0.3 is 24.8 Å². The zero-order chi connectivity index (χ0) is 23.0. The van der Waals surface area contributed by atoms with E-state index in [0.29, 0.717) is 5.92 Å². The van der Waals surface area contributed by atoms with Crippen LogP contribution < -0.4 is 10.1 Å². The van der Waals surface area contributed by atoms with Crippen molar-refractivity contribution in [3.05, 3.63) is 29.5 Å². The van der Waals surface area contributed by atoms with Crippen LogP contribution in [0.4, 0.5) is 11.4 Å². The van der Waals surface area contributed by atoms with Gasteiger partial charge in [-0.15, -0.1) is 0 Å². The van der Waals surface area contributed by atoms with Gasteiger partial charge in [0.1, 0.15) is 11.7 Å². The fourth-order valence-corrected chi connectivity index (χ4v) is 7.70. The number of piperazine rings is 1. The molecule has 1 aromatic rings. The number of rotatable bonds is 4. The molecule has 8 heteroatoms. The predicted octanol–water partition coefficient (Wildman–Crippen LogP) is 3.03. The second-order valence-corrected chi connectivity index (χ2v) is 11.1. The minimum Gasteiger partial charge on any atom is -0.733 e. The van der Waals surface area contributed by atoms with Crippen molar-refractivity contribution in [2.75, 3.05) is 42.9 Å². The van der Waals surface area contributed by atoms with Crippen molar-refractivity contribution in [3.8, 4) is 0 Å². The summed E-state index contributed by atoms with van der Waals surface area (Å²) in [5.41, 5.74) is 1.35. The Morgan fingerprint density at radius 1 is 1.21 bits per heavy atom. The molecule has 0 aromatic heterocycles. The molecular formula is C25H34N3O5-. The molecule has 2 aliphatic carbocycles. The Labute approximate surface area is 195 Å². The zero-order valence-electron chi connectivity index (χ0n) is 19.5. The molecule has 0 radical (unpaired) electrons. The molecule has 0 bridgehead atoms. The van der Waals surface area contributed by atoms with Crippen LogP contribution in [0.15, 0.2) is 24.3 Å². The van der Waals surface area contributed by atoms with Crippen molar-refractivity contribution in [1.29, 1.82) is 0 Å². The van der Waals surface area contributed by atoms with Gasteiger partial charge in [0.25, 0.3) is 0 Å². The lowest BCUT2D eigenvalue weighted by Crippen LogP contribution is -2.55. The van der Waals surface area contributed by atoms with Crippen LogP contribution in [0.3, 0.4) is 0 Å². The highest BCUT2D eigenvalue weighted by molar-refractivity contribution is 5.76. The zero-order valence-corrected chi connectivity index (χ0v) is 19.5. The number of hydrogen-bond acceptors (Lipinski definition) is 8. The van der Waals surface area contributed by atoms with Crippen LogP contribution in [0.5, 0.6) is 0 Å². The van der Waals surface area contributed by atoms with Crippen LogP contribution in [0.1, 0.15) is 39.5 Å². The van der Waals surface area contributed by atoms with Gasteiger partial charge in [-0.05, 0) is 49.4 Å². The van der Waals surface area contributed by atoms with E-state index in [1.165, 1.54) is 19.3 Å². The van der Waals surface area contributed by atoms with Crippen molar-refractivity contribution in [2.24, 2.45) is 23.2 Å². The third kappa shape index (κ3) is 3.21. The first-order valence-electron chi connectivity index (χ1n) is 12.4. The fraction of sp³-hybridized carbons (Fsp3) is 0.720. The summed E-state index contributed by atoms with van der Waals surface area (Å²) in [6.07, 6.45) is 4.75. The normalized spacial score (nSPS) is 42.2. The number of nitrogens with zero attached hydrogens (tertiary/aromatic N) is 3. The van der Waals surface area contributed by atoms with Gasteiger partial charge in [0.2, 0.25) is 0 Å². The summed E-state index contributed by atoms with van der Waals surface area (Å²) in [6, 6.07) is 6.97. The summed E-state index contributed by atoms with van der Waals surface area (Å²) in [4.78, 5) is 17.6. The van der Waals surface area contributed by atoms with E-state index >= 15 is 0 Å². The number of anilines is 2. The Kier molecular flexibility index (Phi) is 4.96. The number of carbonyl (C=O) groups excluding carboxylic acids is 1. The number of fused-ring (bicyclic) bond motifs is 2. The highest BCUT2D eigenvalue weighted by Crippen LogP contribution is 2.70. The summed E-state index contributed by atoms with van der Waals surface area (Å²) >= 11 is 0. The predicted molar refractivity (Wildman–Crippen MR) is 123 cm³/mol. The average molecular weight is 457 g/mol. The van der Waals surface area contributed by atoms with Gasteiger partial charge in [-0.25, -0.2) is 0 Å². The van der Waals surface area contributed by atoms with E-state index in [0.717, 1.165) is 44.8 Å². The first-order chi connectivity index (χ1) is 15.8. The Balaban J connectivity index is 1.11. The monoisotopic (exact) mass is 456 g/mol. The molecule has 2 saturated carbocycles. The smallest absolute Gasteiger partial charge is 0.311 e. The molecule has 8 nitrogen and oxygen atoms in total. The number of benzene rings is 1. The van der Waals surface area contributed by atoms with Gasteiger partial charge in [-0.3, -0.25) is 14.9 Å². The van der Waals surface area contributed by atoms with E-state index in [2.05, 4.69) is 23.6 Å².